The zero-order valence-corrected chi connectivity index (χ0v) is 8.53. The third kappa shape index (κ3) is 4.83. The number of aliphatic hydroxyl groups excluding tert-OH is 1. The number of nitrogens with two attached hydrogens (primary N) is 1. The van der Waals surface area contributed by atoms with E-state index < -0.39 is 6.29 Å². The first-order valence-corrected chi connectivity index (χ1v) is 4.47. The average Bonchev–Trinajstić information content (AvgIpc) is 2.15. The van der Waals surface area contributed by atoms with Crippen LogP contribution in [0, 0.1) is 5.92 Å². The molecule has 0 amide bonds. The molecule has 0 aromatic carbocycles. The van der Waals surface area contributed by atoms with E-state index in [0.29, 0.717) is 0 Å². The van der Waals surface area contributed by atoms with Crippen LogP contribution in [-0.4, -0.2) is 11.4 Å². The molecule has 0 aromatic rings. The lowest BCUT2D eigenvalue weighted by molar-refractivity contribution is -0.132. The highest BCUT2D eigenvalue weighted by atomic mass is 16.7. The van der Waals surface area contributed by atoms with Gasteiger partial charge >= 0.3 is 0 Å². The maximum absolute atomic E-state index is 9.24. The number of aliphatic hydroxyl groups is 1. The largest absolute Gasteiger partial charge is 0.366 e. The molecule has 3 nitrogen and oxygen atoms in total. The van der Waals surface area contributed by atoms with Gasteiger partial charge in [-0.15, -0.1) is 0 Å². The minimum absolute atomic E-state index is 0.00685. The number of hydrogen-bond donors (Lipinski definition) is 2. The zero-order chi connectivity index (χ0) is 10.3. The van der Waals surface area contributed by atoms with Gasteiger partial charge in [0, 0.05) is 5.92 Å². The van der Waals surface area contributed by atoms with Crippen molar-refractivity contribution in [2.45, 2.75) is 33.5 Å². The summed E-state index contributed by atoms with van der Waals surface area (Å²) in [5, 5.41) is 9.24. The molecule has 0 spiro atoms. The summed E-state index contributed by atoms with van der Waals surface area (Å²) in [6.07, 6.45) is 5.87. The van der Waals surface area contributed by atoms with E-state index in [1.54, 1.807) is 0 Å². The molecular formula is C10H19NO2. The van der Waals surface area contributed by atoms with Crippen LogP contribution < -0.4 is 5.90 Å². The standard InChI is InChI=1S/C10H19NO2/c1-4-6-9(5-2)7-8(3)10(12)13-11/h4-6,8,10,12H,7,11H2,1-3H3/b6-4-,9-5+. The van der Waals surface area contributed by atoms with Gasteiger partial charge in [0.15, 0.2) is 6.29 Å². The second kappa shape index (κ2) is 6.83. The topological polar surface area (TPSA) is 55.5 Å². The summed E-state index contributed by atoms with van der Waals surface area (Å²) in [5.41, 5.74) is 1.17. The molecule has 2 atom stereocenters. The molecule has 0 aliphatic carbocycles. The Bertz CT molecular complexity index is 187. The van der Waals surface area contributed by atoms with Crippen LogP contribution in [0.3, 0.4) is 0 Å². The van der Waals surface area contributed by atoms with E-state index in [9.17, 15) is 5.11 Å². The number of allylic oxidation sites excluding steroid dienone is 4. The molecule has 13 heavy (non-hydrogen) atoms. The molecule has 0 saturated carbocycles. The van der Waals surface area contributed by atoms with Crippen molar-refractivity contribution in [3.8, 4) is 0 Å². The molecule has 0 saturated heterocycles. The molecule has 0 rings (SSSR count). The first-order chi connectivity index (χ1) is 6.15. The van der Waals surface area contributed by atoms with Gasteiger partial charge in [-0.25, -0.2) is 5.90 Å². The molecule has 0 heterocycles. The van der Waals surface area contributed by atoms with E-state index in [4.69, 9.17) is 5.90 Å². The lowest BCUT2D eigenvalue weighted by atomic mass is 10.0. The van der Waals surface area contributed by atoms with Crippen molar-refractivity contribution < 1.29 is 9.94 Å². The van der Waals surface area contributed by atoms with Crippen LogP contribution in [0.15, 0.2) is 23.8 Å². The van der Waals surface area contributed by atoms with Gasteiger partial charge in [0.05, 0.1) is 0 Å². The van der Waals surface area contributed by atoms with Crippen LogP contribution >= 0.6 is 0 Å². The molecule has 0 aromatic heterocycles. The molecule has 3 N–H and O–H groups in total. The predicted molar refractivity (Wildman–Crippen MR) is 53.6 cm³/mol. The minimum Gasteiger partial charge on any atom is -0.366 e. The minimum atomic E-state index is -0.889. The van der Waals surface area contributed by atoms with Gasteiger partial charge in [0.25, 0.3) is 0 Å². The van der Waals surface area contributed by atoms with E-state index in [1.807, 2.05) is 39.0 Å². The van der Waals surface area contributed by atoms with Crippen LogP contribution in [-0.2, 0) is 4.84 Å². The summed E-state index contributed by atoms with van der Waals surface area (Å²) in [6.45, 7) is 5.83. The SMILES string of the molecule is C/C=C\C(=C/C)CC(C)C(O)ON. The average molecular weight is 185 g/mol. The number of rotatable bonds is 5. The van der Waals surface area contributed by atoms with Gasteiger partial charge < -0.3 is 5.11 Å². The summed E-state index contributed by atoms with van der Waals surface area (Å²) in [6, 6.07) is 0. The summed E-state index contributed by atoms with van der Waals surface area (Å²) in [4.78, 5) is 4.34. The van der Waals surface area contributed by atoms with Crippen LogP contribution in [0.4, 0.5) is 0 Å². The Labute approximate surface area is 79.8 Å². The van der Waals surface area contributed by atoms with Crippen molar-refractivity contribution in [2.24, 2.45) is 11.8 Å². The van der Waals surface area contributed by atoms with Crippen LogP contribution in [0.1, 0.15) is 27.2 Å². The smallest absolute Gasteiger partial charge is 0.177 e. The maximum atomic E-state index is 9.24. The third-order valence-electron chi connectivity index (χ3n) is 1.94. The Morgan fingerprint density at radius 3 is 2.54 bits per heavy atom. The van der Waals surface area contributed by atoms with Crippen molar-refractivity contribution in [3.05, 3.63) is 23.8 Å². The second-order valence-corrected chi connectivity index (χ2v) is 3.07. The Kier molecular flexibility index (Phi) is 6.49. The predicted octanol–water partition coefficient (Wildman–Crippen LogP) is 1.74. The lowest BCUT2D eigenvalue weighted by Gasteiger charge is -2.16. The van der Waals surface area contributed by atoms with E-state index in [-0.39, 0.29) is 5.92 Å². The highest BCUT2D eigenvalue weighted by molar-refractivity contribution is 5.17. The zero-order valence-electron chi connectivity index (χ0n) is 8.53. The molecular weight excluding hydrogens is 166 g/mol. The van der Waals surface area contributed by atoms with Crippen LogP contribution in [0.2, 0.25) is 0 Å². The Morgan fingerprint density at radius 2 is 2.15 bits per heavy atom. The molecule has 2 unspecified atom stereocenters. The fourth-order valence-electron chi connectivity index (χ4n) is 1.10. The first-order valence-electron chi connectivity index (χ1n) is 4.47. The molecule has 0 aliphatic rings. The first kappa shape index (κ1) is 12.4. The van der Waals surface area contributed by atoms with Gasteiger partial charge in [-0.05, 0) is 20.3 Å². The quantitative estimate of drug-likeness (QED) is 0.390. The fourth-order valence-corrected chi connectivity index (χ4v) is 1.10. The van der Waals surface area contributed by atoms with Crippen LogP contribution in [0.5, 0.6) is 0 Å². The fraction of sp³-hybridized carbons (Fsp3) is 0.600. The second-order valence-electron chi connectivity index (χ2n) is 3.07. The Hall–Kier alpha value is -0.640. The normalized spacial score (nSPS) is 17.8. The third-order valence-corrected chi connectivity index (χ3v) is 1.94. The van der Waals surface area contributed by atoms with Gasteiger partial charge in [-0.1, -0.05) is 30.7 Å². The van der Waals surface area contributed by atoms with E-state index in [1.165, 1.54) is 5.57 Å². The van der Waals surface area contributed by atoms with E-state index in [0.717, 1.165) is 6.42 Å². The van der Waals surface area contributed by atoms with Crippen molar-refractivity contribution >= 4 is 0 Å². The van der Waals surface area contributed by atoms with Crippen molar-refractivity contribution in [1.29, 1.82) is 0 Å². The van der Waals surface area contributed by atoms with E-state index >= 15 is 0 Å². The Morgan fingerprint density at radius 1 is 1.54 bits per heavy atom. The molecule has 3 heteroatoms. The highest BCUT2D eigenvalue weighted by Crippen LogP contribution is 2.16. The summed E-state index contributed by atoms with van der Waals surface area (Å²) >= 11 is 0. The molecule has 0 fully saturated rings. The highest BCUT2D eigenvalue weighted by Gasteiger charge is 2.13. The summed E-state index contributed by atoms with van der Waals surface area (Å²) in [5.74, 6) is 4.88. The number of hydrogen-bond acceptors (Lipinski definition) is 3. The molecule has 0 bridgehead atoms. The van der Waals surface area contributed by atoms with Crippen molar-refractivity contribution in [3.63, 3.8) is 0 Å². The molecule has 0 radical (unpaired) electrons. The monoisotopic (exact) mass is 185 g/mol. The van der Waals surface area contributed by atoms with Crippen LogP contribution in [0.25, 0.3) is 0 Å². The molecule has 0 aliphatic heterocycles. The van der Waals surface area contributed by atoms with Gasteiger partial charge in [0.1, 0.15) is 0 Å². The van der Waals surface area contributed by atoms with Crippen molar-refractivity contribution in [2.75, 3.05) is 0 Å². The van der Waals surface area contributed by atoms with E-state index in [2.05, 4.69) is 4.84 Å². The van der Waals surface area contributed by atoms with Crippen molar-refractivity contribution in [1.82, 2.24) is 0 Å². The van der Waals surface area contributed by atoms with Gasteiger partial charge in [0.2, 0.25) is 0 Å². The summed E-state index contributed by atoms with van der Waals surface area (Å²) < 4.78 is 0. The lowest BCUT2D eigenvalue weighted by Crippen LogP contribution is -2.24. The summed E-state index contributed by atoms with van der Waals surface area (Å²) in [7, 11) is 0. The van der Waals surface area contributed by atoms with Gasteiger partial charge in [-0.3, -0.25) is 4.84 Å². The van der Waals surface area contributed by atoms with Gasteiger partial charge in [-0.2, -0.15) is 0 Å². The maximum Gasteiger partial charge on any atom is 0.177 e. The Balaban J connectivity index is 4.09. The molecule has 76 valence electrons.